The number of likely N-dealkylation sites (tertiary alicyclic amines) is 1. The molecule has 0 spiro atoms. The van der Waals surface area contributed by atoms with Crippen LogP contribution in [0, 0.1) is 5.92 Å². The lowest BCUT2D eigenvalue weighted by Crippen LogP contribution is -2.58. The largest absolute Gasteiger partial charge is 0.471 e. The minimum Gasteiger partial charge on any atom is -0.471 e. The number of nitrogens with zero attached hydrogens (tertiary/aromatic N) is 3. The zero-order valence-electron chi connectivity index (χ0n) is 24.4. The maximum Gasteiger partial charge on any atom is 0.407 e. The molecule has 240 valence electrons. The zero-order chi connectivity index (χ0) is 32.2. The molecule has 7 rings (SSSR count). The third-order valence-corrected chi connectivity index (χ3v) is 11.2. The van der Waals surface area contributed by atoms with Crippen molar-refractivity contribution in [1.29, 1.82) is 0 Å². The van der Waals surface area contributed by atoms with E-state index in [0.717, 1.165) is 5.56 Å². The van der Waals surface area contributed by atoms with E-state index in [9.17, 15) is 27.6 Å². The average molecular weight is 667 g/mol. The van der Waals surface area contributed by atoms with Crippen LogP contribution >= 0.6 is 11.3 Å². The Morgan fingerprint density at radius 1 is 1.17 bits per heavy atom. The summed E-state index contributed by atoms with van der Waals surface area (Å²) in [6.07, 6.45) is 1.11. The molecule has 2 aliphatic heterocycles. The lowest BCUT2D eigenvalue weighted by atomic mass is 10.1. The number of fused-ring (bicyclic) bond motifs is 1. The summed E-state index contributed by atoms with van der Waals surface area (Å²) in [7, 11) is -3.87. The highest BCUT2D eigenvalue weighted by atomic mass is 32.2. The van der Waals surface area contributed by atoms with E-state index in [2.05, 4.69) is 21.9 Å². The van der Waals surface area contributed by atoms with Crippen LogP contribution in [0.3, 0.4) is 0 Å². The monoisotopic (exact) mass is 666 g/mol. The van der Waals surface area contributed by atoms with Gasteiger partial charge in [-0.15, -0.1) is 6.58 Å². The van der Waals surface area contributed by atoms with Gasteiger partial charge in [0.2, 0.25) is 27.7 Å². The Labute approximate surface area is 267 Å². The minimum atomic E-state index is -3.87. The molecular formula is C30H30N6O8S2. The Morgan fingerprint density at radius 2 is 1.93 bits per heavy atom. The number of hydrogen-bond donors (Lipinski definition) is 3. The number of rotatable bonds is 10. The first kappa shape index (κ1) is 30.1. The van der Waals surface area contributed by atoms with Gasteiger partial charge in [-0.05, 0) is 42.8 Å². The number of hydrogen-bond acceptors (Lipinski definition) is 11. The normalized spacial score (nSPS) is 27.0. The molecule has 2 saturated carbocycles. The third-order valence-electron chi connectivity index (χ3n) is 8.68. The first-order valence-electron chi connectivity index (χ1n) is 14.8. The van der Waals surface area contributed by atoms with E-state index >= 15 is 0 Å². The quantitative estimate of drug-likeness (QED) is 0.268. The second kappa shape index (κ2) is 11.3. The van der Waals surface area contributed by atoms with Gasteiger partial charge in [0, 0.05) is 23.3 Å². The predicted molar refractivity (Wildman–Crippen MR) is 165 cm³/mol. The molecule has 4 amide bonds. The summed E-state index contributed by atoms with van der Waals surface area (Å²) >= 11 is 1.48. The molecule has 4 aliphatic rings. The maximum absolute atomic E-state index is 13.9. The van der Waals surface area contributed by atoms with Gasteiger partial charge in [0.25, 0.3) is 5.91 Å². The van der Waals surface area contributed by atoms with Crippen LogP contribution in [-0.2, 0) is 29.1 Å². The molecule has 2 aliphatic carbocycles. The lowest BCUT2D eigenvalue weighted by molar-refractivity contribution is -0.141. The van der Waals surface area contributed by atoms with Crippen molar-refractivity contribution in [1.82, 2.24) is 30.2 Å². The summed E-state index contributed by atoms with van der Waals surface area (Å²) in [5, 5.41) is 8.37. The number of nitrogens with one attached hydrogen (secondary N) is 3. The van der Waals surface area contributed by atoms with Crippen molar-refractivity contribution in [3.63, 3.8) is 0 Å². The molecule has 4 heterocycles. The molecular weight excluding hydrogens is 636 g/mol. The highest BCUT2D eigenvalue weighted by Gasteiger charge is 2.62. The van der Waals surface area contributed by atoms with E-state index in [4.69, 9.17) is 19.4 Å². The van der Waals surface area contributed by atoms with E-state index in [1.165, 1.54) is 22.3 Å². The Balaban J connectivity index is 1.16. The molecule has 3 N–H and O–H groups in total. The van der Waals surface area contributed by atoms with E-state index < -0.39 is 68.7 Å². The summed E-state index contributed by atoms with van der Waals surface area (Å²) in [4.78, 5) is 63.3. The second-order valence-corrected chi connectivity index (χ2v) is 14.6. The summed E-state index contributed by atoms with van der Waals surface area (Å²) in [6.45, 7) is 3.48. The van der Waals surface area contributed by atoms with Crippen LogP contribution in [-0.4, -0.2) is 89.2 Å². The second-order valence-electron chi connectivity index (χ2n) is 11.8. The van der Waals surface area contributed by atoms with Gasteiger partial charge in [0.15, 0.2) is 0 Å². The molecule has 0 bridgehead atoms. The molecule has 4 fully saturated rings. The highest BCUT2D eigenvalue weighted by molar-refractivity contribution is 7.91. The van der Waals surface area contributed by atoms with Crippen molar-refractivity contribution >= 4 is 56.2 Å². The number of alkyl carbamates (subject to hydrolysis) is 1. The number of carbonyl (C=O) groups is 4. The molecule has 2 saturated heterocycles. The molecule has 3 aromatic rings. The molecule has 2 aromatic heterocycles. The number of sulfonamides is 1. The fraction of sp³-hybridized carbons (Fsp3) is 0.400. The lowest BCUT2D eigenvalue weighted by Gasteiger charge is -2.27. The van der Waals surface area contributed by atoms with Crippen LogP contribution in [0.4, 0.5) is 4.79 Å². The Kier molecular flexibility index (Phi) is 7.43. The van der Waals surface area contributed by atoms with Crippen LogP contribution < -0.4 is 20.1 Å². The summed E-state index contributed by atoms with van der Waals surface area (Å²) in [6, 6.07) is 7.07. The number of para-hydroxylation sites is 2. The number of ether oxygens (including phenoxy) is 2. The number of thiophene rings is 1. The standard InChI is InChI=1S/C30H30N6O8S2/c1-2-17-12-30(17,28(39)35-46(41,42)19-7-8-19)34-25(37)23-11-18(13-36(23)27(38)22-14-43-29(40)33-22)44-26-24(16-9-10-45-15-16)31-20-5-3-4-6-21(20)32-26/h2-6,9-10,15,17-19,22-23H,1,7-8,11-14H2,(H,33,40)(H,34,37)(H,35,39)/t17-,18-,22?,23+,30-/m1/s1. The van der Waals surface area contributed by atoms with Crippen LogP contribution in [0.25, 0.3) is 22.3 Å². The molecule has 0 radical (unpaired) electrons. The summed E-state index contributed by atoms with van der Waals surface area (Å²) in [5.74, 6) is -2.36. The molecule has 1 unspecified atom stereocenters. The third kappa shape index (κ3) is 5.55. The highest BCUT2D eigenvalue weighted by Crippen LogP contribution is 2.45. The molecule has 1 aromatic carbocycles. The number of amides is 4. The van der Waals surface area contributed by atoms with E-state index in [1.54, 1.807) is 6.07 Å². The summed E-state index contributed by atoms with van der Waals surface area (Å²) < 4.78 is 38.5. The van der Waals surface area contributed by atoms with Gasteiger partial charge in [-0.3, -0.25) is 19.1 Å². The van der Waals surface area contributed by atoms with E-state index in [-0.39, 0.29) is 31.9 Å². The Morgan fingerprint density at radius 3 is 2.57 bits per heavy atom. The van der Waals surface area contributed by atoms with Gasteiger partial charge < -0.3 is 25.0 Å². The molecule has 5 atom stereocenters. The van der Waals surface area contributed by atoms with E-state index in [0.29, 0.717) is 29.6 Å². The maximum atomic E-state index is 13.9. The molecule has 16 heteroatoms. The number of benzene rings is 1. The molecule has 46 heavy (non-hydrogen) atoms. The minimum absolute atomic E-state index is 0.0213. The number of aromatic nitrogens is 2. The smallest absolute Gasteiger partial charge is 0.407 e. The number of carbonyl (C=O) groups excluding carboxylic acids is 4. The van der Waals surface area contributed by atoms with E-state index in [1.807, 2.05) is 35.0 Å². The first-order valence-corrected chi connectivity index (χ1v) is 17.3. The fourth-order valence-corrected chi connectivity index (χ4v) is 7.93. The van der Waals surface area contributed by atoms with Crippen molar-refractivity contribution in [3.05, 3.63) is 53.7 Å². The van der Waals surface area contributed by atoms with Crippen molar-refractivity contribution in [2.75, 3.05) is 13.2 Å². The van der Waals surface area contributed by atoms with Crippen molar-refractivity contribution in [2.45, 2.75) is 54.7 Å². The summed E-state index contributed by atoms with van der Waals surface area (Å²) in [5.41, 5.74) is 1.03. The topological polar surface area (TPSA) is 186 Å². The predicted octanol–water partition coefficient (Wildman–Crippen LogP) is 1.48. The van der Waals surface area contributed by atoms with Crippen molar-refractivity contribution in [2.24, 2.45) is 5.92 Å². The van der Waals surface area contributed by atoms with Crippen molar-refractivity contribution in [3.8, 4) is 17.1 Å². The van der Waals surface area contributed by atoms with Gasteiger partial charge >= 0.3 is 6.09 Å². The molecule has 14 nitrogen and oxygen atoms in total. The van der Waals surface area contributed by atoms with Gasteiger partial charge in [-0.1, -0.05) is 18.2 Å². The number of cyclic esters (lactones) is 1. The first-order chi connectivity index (χ1) is 22.1. The van der Waals surface area contributed by atoms with Crippen LogP contribution in [0.2, 0.25) is 0 Å². The van der Waals surface area contributed by atoms with Gasteiger partial charge in [0.05, 0.1) is 22.8 Å². The van der Waals surface area contributed by atoms with Crippen LogP contribution in [0.5, 0.6) is 5.88 Å². The zero-order valence-corrected chi connectivity index (χ0v) is 26.0. The SMILES string of the molecule is C=C[C@@H]1C[C@]1(NC(=O)[C@@H]1C[C@@H](Oc2nc3ccccc3nc2-c2ccsc2)CN1C(=O)C1COC(=O)N1)C(=O)NS(=O)(=O)C1CC1. The Hall–Kier alpha value is -4.57. The van der Waals surface area contributed by atoms with Gasteiger partial charge in [-0.2, -0.15) is 11.3 Å². The average Bonchev–Trinajstić information content (AvgIpc) is 3.82. The van der Waals surface area contributed by atoms with Crippen LogP contribution in [0.1, 0.15) is 25.7 Å². The van der Waals surface area contributed by atoms with Gasteiger partial charge in [0.1, 0.15) is 36.0 Å². The van der Waals surface area contributed by atoms with Crippen LogP contribution in [0.15, 0.2) is 53.7 Å². The van der Waals surface area contributed by atoms with Gasteiger partial charge in [-0.25, -0.2) is 23.2 Å². The fourth-order valence-electron chi connectivity index (χ4n) is 5.92. The Bertz CT molecular complexity index is 1860. The van der Waals surface area contributed by atoms with Crippen molar-refractivity contribution < 1.29 is 37.1 Å².